The Morgan fingerprint density at radius 3 is 2.59 bits per heavy atom. The molecule has 17 heavy (non-hydrogen) atoms. The van der Waals surface area contributed by atoms with Crippen LogP contribution in [-0.4, -0.2) is 30.6 Å². The normalized spacial score (nSPS) is 9.82. The lowest BCUT2D eigenvalue weighted by Gasteiger charge is -2.08. The number of ether oxygens (including phenoxy) is 2. The van der Waals surface area contributed by atoms with Crippen LogP contribution in [0.5, 0.6) is 11.5 Å². The van der Waals surface area contributed by atoms with Crippen LogP contribution in [0.15, 0.2) is 16.6 Å². The zero-order valence-corrected chi connectivity index (χ0v) is 10.9. The van der Waals surface area contributed by atoms with Crippen LogP contribution in [0.25, 0.3) is 0 Å². The first-order chi connectivity index (χ1) is 8.01. The number of hydrogen-bond acceptors (Lipinski definition) is 5. The highest BCUT2D eigenvalue weighted by Crippen LogP contribution is 2.32. The number of esters is 1. The molecule has 6 heteroatoms. The Hall–Kier alpha value is -1.56. The Balaban J connectivity index is 3.16. The van der Waals surface area contributed by atoms with Crippen LogP contribution < -0.4 is 4.74 Å². The molecule has 0 radical (unpaired) electrons. The van der Waals surface area contributed by atoms with Crippen molar-refractivity contribution in [2.45, 2.75) is 6.92 Å². The van der Waals surface area contributed by atoms with Gasteiger partial charge in [0.05, 0.1) is 23.8 Å². The van der Waals surface area contributed by atoms with Crippen molar-refractivity contribution in [3.63, 3.8) is 0 Å². The number of aromatic hydroxyl groups is 1. The highest BCUT2D eigenvalue weighted by molar-refractivity contribution is 9.10. The molecule has 0 saturated carbocycles. The molecule has 0 saturated heterocycles. The fourth-order valence-electron chi connectivity index (χ4n) is 1.17. The number of carbonyl (C=O) groups is 2. The van der Waals surface area contributed by atoms with Crippen molar-refractivity contribution in [1.82, 2.24) is 0 Å². The van der Waals surface area contributed by atoms with Gasteiger partial charge in [0, 0.05) is 0 Å². The van der Waals surface area contributed by atoms with E-state index in [4.69, 9.17) is 4.74 Å². The molecule has 0 aliphatic rings. The van der Waals surface area contributed by atoms with Crippen molar-refractivity contribution in [2.75, 3.05) is 13.7 Å². The molecule has 92 valence electrons. The van der Waals surface area contributed by atoms with Crippen molar-refractivity contribution < 1.29 is 24.2 Å². The monoisotopic (exact) mass is 302 g/mol. The zero-order valence-electron chi connectivity index (χ0n) is 9.32. The fraction of sp³-hybridized carbons (Fsp3) is 0.273. The summed E-state index contributed by atoms with van der Waals surface area (Å²) in [5.41, 5.74) is -0.158. The summed E-state index contributed by atoms with van der Waals surface area (Å²) in [6.45, 7) is 1.68. The maximum absolute atomic E-state index is 11.7. The molecule has 0 heterocycles. The third kappa shape index (κ3) is 2.97. The van der Waals surface area contributed by atoms with Gasteiger partial charge < -0.3 is 14.6 Å². The van der Waals surface area contributed by atoms with E-state index in [1.54, 1.807) is 6.92 Å². The molecule has 0 spiro atoms. The zero-order chi connectivity index (χ0) is 13.0. The number of halogens is 1. The molecule has 0 bridgehead atoms. The van der Waals surface area contributed by atoms with Crippen LogP contribution in [0.2, 0.25) is 0 Å². The first-order valence-electron chi connectivity index (χ1n) is 4.79. The standard InChI is InChI=1S/C11H11BrO5/c1-3-17-11(15)10(14)7-4-6(16-2)5-8(12)9(7)13/h4-5,13H,3H2,1-2H3. The predicted molar refractivity (Wildman–Crippen MR) is 63.3 cm³/mol. The average Bonchev–Trinajstić information content (AvgIpc) is 2.31. The third-order valence-corrected chi connectivity index (χ3v) is 2.58. The van der Waals surface area contributed by atoms with Crippen molar-refractivity contribution in [1.29, 1.82) is 0 Å². The SMILES string of the molecule is CCOC(=O)C(=O)c1cc(OC)cc(Br)c1O. The third-order valence-electron chi connectivity index (χ3n) is 1.98. The molecular formula is C11H11BrO5. The van der Waals surface area contributed by atoms with Crippen LogP contribution >= 0.6 is 15.9 Å². The molecule has 1 rings (SSSR count). The number of phenolic OH excluding ortho intramolecular Hbond substituents is 1. The molecule has 1 N–H and O–H groups in total. The second-order valence-corrected chi connectivity index (χ2v) is 3.91. The molecule has 5 nitrogen and oxygen atoms in total. The first-order valence-corrected chi connectivity index (χ1v) is 5.58. The summed E-state index contributed by atoms with van der Waals surface area (Å²) in [5.74, 6) is -1.89. The van der Waals surface area contributed by atoms with E-state index >= 15 is 0 Å². The van der Waals surface area contributed by atoms with Gasteiger partial charge in [-0.2, -0.15) is 0 Å². The highest BCUT2D eigenvalue weighted by atomic mass is 79.9. The van der Waals surface area contributed by atoms with Crippen LogP contribution in [0.4, 0.5) is 0 Å². The molecule has 1 aromatic carbocycles. The number of benzene rings is 1. The number of hydrogen-bond donors (Lipinski definition) is 1. The van der Waals surface area contributed by atoms with Crippen molar-refractivity contribution >= 4 is 27.7 Å². The second kappa shape index (κ2) is 5.67. The van der Waals surface area contributed by atoms with Gasteiger partial charge in [0.1, 0.15) is 11.5 Å². The van der Waals surface area contributed by atoms with Crippen LogP contribution in [0, 0.1) is 0 Å². The maximum Gasteiger partial charge on any atom is 0.379 e. The van der Waals surface area contributed by atoms with Gasteiger partial charge in [-0.25, -0.2) is 4.79 Å². The number of carbonyl (C=O) groups excluding carboxylic acids is 2. The quantitative estimate of drug-likeness (QED) is 0.522. The topological polar surface area (TPSA) is 72.8 Å². The maximum atomic E-state index is 11.7. The van der Waals surface area contributed by atoms with Gasteiger partial charge in [0.25, 0.3) is 5.78 Å². The van der Waals surface area contributed by atoms with E-state index in [-0.39, 0.29) is 22.4 Å². The number of phenols is 1. The molecule has 0 aromatic heterocycles. The fourth-order valence-corrected chi connectivity index (χ4v) is 1.61. The molecule has 1 aromatic rings. The minimum absolute atomic E-state index is 0.0937. The Morgan fingerprint density at radius 2 is 2.06 bits per heavy atom. The van der Waals surface area contributed by atoms with E-state index in [1.807, 2.05) is 0 Å². The van der Waals surface area contributed by atoms with Crippen molar-refractivity contribution in [2.24, 2.45) is 0 Å². The summed E-state index contributed by atoms with van der Waals surface area (Å²) in [5, 5.41) is 9.67. The summed E-state index contributed by atoms with van der Waals surface area (Å²) >= 11 is 3.06. The molecule has 0 fully saturated rings. The highest BCUT2D eigenvalue weighted by Gasteiger charge is 2.23. The summed E-state index contributed by atoms with van der Waals surface area (Å²) < 4.78 is 9.77. The van der Waals surface area contributed by atoms with Gasteiger partial charge >= 0.3 is 5.97 Å². The molecule has 0 atom stereocenters. The number of rotatable bonds is 4. The Bertz CT molecular complexity index is 455. The van der Waals surface area contributed by atoms with Crippen molar-refractivity contribution in [3.05, 3.63) is 22.2 Å². The second-order valence-electron chi connectivity index (χ2n) is 3.05. The van der Waals surface area contributed by atoms with Gasteiger partial charge in [0.15, 0.2) is 0 Å². The minimum atomic E-state index is -1.01. The first kappa shape index (κ1) is 13.5. The number of Topliss-reactive ketones (excluding diaryl/α,β-unsaturated/α-hetero) is 1. The average molecular weight is 303 g/mol. The molecule has 0 amide bonds. The minimum Gasteiger partial charge on any atom is -0.506 e. The number of methoxy groups -OCH3 is 1. The molecular weight excluding hydrogens is 292 g/mol. The van der Waals surface area contributed by atoms with E-state index < -0.39 is 11.8 Å². The van der Waals surface area contributed by atoms with E-state index in [2.05, 4.69) is 20.7 Å². The van der Waals surface area contributed by atoms with Gasteiger partial charge in [-0.3, -0.25) is 4.79 Å². The Kier molecular flexibility index (Phi) is 4.51. The van der Waals surface area contributed by atoms with Crippen LogP contribution in [0.3, 0.4) is 0 Å². The van der Waals surface area contributed by atoms with E-state index in [9.17, 15) is 14.7 Å². The van der Waals surface area contributed by atoms with Crippen molar-refractivity contribution in [3.8, 4) is 11.5 Å². The van der Waals surface area contributed by atoms with Crippen LogP contribution in [-0.2, 0) is 9.53 Å². The predicted octanol–water partition coefficient (Wildman–Crippen LogP) is 1.91. The summed E-state index contributed by atoms with van der Waals surface area (Å²) in [7, 11) is 1.41. The largest absolute Gasteiger partial charge is 0.506 e. The Labute approximate surface area is 106 Å². The van der Waals surface area contributed by atoms with Gasteiger partial charge in [-0.15, -0.1) is 0 Å². The summed E-state index contributed by atoms with van der Waals surface area (Å²) in [4.78, 5) is 22.9. The molecule has 0 aliphatic carbocycles. The van der Waals surface area contributed by atoms with Gasteiger partial charge in [0.2, 0.25) is 0 Å². The smallest absolute Gasteiger partial charge is 0.379 e. The van der Waals surface area contributed by atoms with Crippen LogP contribution in [0.1, 0.15) is 17.3 Å². The summed E-state index contributed by atoms with van der Waals surface area (Å²) in [6, 6.07) is 2.76. The molecule has 0 aliphatic heterocycles. The lowest BCUT2D eigenvalue weighted by Crippen LogP contribution is -2.17. The lowest BCUT2D eigenvalue weighted by molar-refractivity contribution is -0.137. The van der Waals surface area contributed by atoms with Gasteiger partial charge in [-0.1, -0.05) is 0 Å². The van der Waals surface area contributed by atoms with E-state index in [1.165, 1.54) is 19.2 Å². The lowest BCUT2D eigenvalue weighted by atomic mass is 10.1. The number of ketones is 1. The Morgan fingerprint density at radius 1 is 1.41 bits per heavy atom. The van der Waals surface area contributed by atoms with E-state index in [0.29, 0.717) is 5.75 Å². The summed E-state index contributed by atoms with van der Waals surface area (Å²) in [6.07, 6.45) is 0. The van der Waals surface area contributed by atoms with E-state index in [0.717, 1.165) is 0 Å². The van der Waals surface area contributed by atoms with Gasteiger partial charge in [-0.05, 0) is 35.0 Å². The molecule has 0 unspecified atom stereocenters.